The van der Waals surface area contributed by atoms with Gasteiger partial charge in [0.2, 0.25) is 0 Å². The molecule has 0 spiro atoms. The number of benzene rings is 1. The van der Waals surface area contributed by atoms with E-state index in [0.29, 0.717) is 20.2 Å². The Morgan fingerprint density at radius 2 is 2.22 bits per heavy atom. The number of anilines is 1. The van der Waals surface area contributed by atoms with Crippen LogP contribution in [0.3, 0.4) is 0 Å². The summed E-state index contributed by atoms with van der Waals surface area (Å²) < 4.78 is 1.03. The molecule has 1 aromatic rings. The van der Waals surface area contributed by atoms with E-state index in [1.165, 1.54) is 0 Å². The molecule has 1 aromatic carbocycles. The number of hydrogen-bond donors (Lipinski definition) is 2. The van der Waals surface area contributed by atoms with Crippen molar-refractivity contribution in [3.8, 4) is 0 Å². The maximum absolute atomic E-state index is 11.0. The first kappa shape index (κ1) is 15.7. The van der Waals surface area contributed by atoms with Gasteiger partial charge in [0.1, 0.15) is 4.47 Å². The Hall–Kier alpha value is -0.370. The Balaban J connectivity index is 3.11. The number of nitrogens with one attached hydrogen (secondary N) is 1. The zero-order valence-corrected chi connectivity index (χ0v) is 13.3. The van der Waals surface area contributed by atoms with Crippen LogP contribution in [0.25, 0.3) is 0 Å². The Labute approximate surface area is 126 Å². The Morgan fingerprint density at radius 1 is 1.61 bits per heavy atom. The molecule has 0 saturated heterocycles. The Kier molecular flexibility index (Phi) is 5.84. The molecule has 0 radical (unpaired) electrons. The Morgan fingerprint density at radius 3 is 2.72 bits per heavy atom. The average Bonchev–Trinajstić information content (AvgIpc) is 2.27. The first-order valence-electron chi connectivity index (χ1n) is 4.99. The largest absolute Gasteiger partial charge is 0.390 e. The lowest BCUT2D eigenvalue weighted by molar-refractivity contribution is -0.386. The second kappa shape index (κ2) is 6.70. The lowest BCUT2D eigenvalue weighted by Crippen LogP contribution is -2.21. The summed E-state index contributed by atoms with van der Waals surface area (Å²) in [4.78, 5) is 10.5. The molecule has 0 saturated carbocycles. The smallest absolute Gasteiger partial charge is 0.288 e. The summed E-state index contributed by atoms with van der Waals surface area (Å²) in [6.07, 6.45) is -0.717. The van der Waals surface area contributed by atoms with E-state index in [-0.39, 0.29) is 18.1 Å². The highest BCUT2D eigenvalue weighted by Gasteiger charge is 2.22. The minimum absolute atomic E-state index is 0.000985. The van der Waals surface area contributed by atoms with Crippen molar-refractivity contribution in [2.45, 2.75) is 13.0 Å². The molecule has 18 heavy (non-hydrogen) atoms. The minimum Gasteiger partial charge on any atom is -0.390 e. The number of aliphatic hydroxyl groups is 1. The normalized spacial score (nSPS) is 12.3. The van der Waals surface area contributed by atoms with Crippen molar-refractivity contribution in [3.05, 3.63) is 30.7 Å². The molecule has 0 amide bonds. The minimum atomic E-state index is -0.717. The van der Waals surface area contributed by atoms with Gasteiger partial charge in [0.05, 0.1) is 22.6 Å². The van der Waals surface area contributed by atoms with Crippen molar-refractivity contribution in [1.29, 1.82) is 0 Å². The van der Waals surface area contributed by atoms with Gasteiger partial charge in [-0.15, -0.1) is 11.6 Å². The van der Waals surface area contributed by atoms with Gasteiger partial charge in [0, 0.05) is 16.6 Å². The highest BCUT2D eigenvalue weighted by molar-refractivity contribution is 9.11. The van der Waals surface area contributed by atoms with Crippen molar-refractivity contribution >= 4 is 54.8 Å². The van der Waals surface area contributed by atoms with Gasteiger partial charge < -0.3 is 10.4 Å². The summed E-state index contributed by atoms with van der Waals surface area (Å²) in [7, 11) is 0. The van der Waals surface area contributed by atoms with Gasteiger partial charge in [0.25, 0.3) is 5.69 Å². The van der Waals surface area contributed by atoms with Gasteiger partial charge in [-0.25, -0.2) is 0 Å². The monoisotopic (exact) mass is 400 g/mol. The van der Waals surface area contributed by atoms with E-state index >= 15 is 0 Å². The van der Waals surface area contributed by atoms with Crippen LogP contribution < -0.4 is 5.32 Å². The van der Waals surface area contributed by atoms with Crippen molar-refractivity contribution in [1.82, 2.24) is 0 Å². The molecule has 0 aliphatic carbocycles. The van der Waals surface area contributed by atoms with Gasteiger partial charge in [-0.3, -0.25) is 10.1 Å². The third-order valence-electron chi connectivity index (χ3n) is 2.26. The van der Waals surface area contributed by atoms with Gasteiger partial charge in [-0.1, -0.05) is 0 Å². The van der Waals surface area contributed by atoms with Crippen LogP contribution in [-0.4, -0.2) is 28.6 Å². The summed E-state index contributed by atoms with van der Waals surface area (Å²) in [6, 6.07) is 1.65. The summed E-state index contributed by atoms with van der Waals surface area (Å²) in [5, 5.41) is 23.3. The number of nitro groups is 1. The molecule has 0 heterocycles. The fraction of sp³-hybridized carbons (Fsp3) is 0.400. The van der Waals surface area contributed by atoms with Crippen LogP contribution in [0, 0.1) is 17.0 Å². The molecular weight excluding hydrogens is 391 g/mol. The van der Waals surface area contributed by atoms with Crippen LogP contribution in [0.15, 0.2) is 15.0 Å². The Bertz CT molecular complexity index is 471. The van der Waals surface area contributed by atoms with E-state index in [0.717, 1.165) is 0 Å². The third kappa shape index (κ3) is 3.57. The van der Waals surface area contributed by atoms with Crippen molar-refractivity contribution in [2.75, 3.05) is 17.7 Å². The zero-order valence-electron chi connectivity index (χ0n) is 9.41. The van der Waals surface area contributed by atoms with Gasteiger partial charge in [-0.2, -0.15) is 0 Å². The molecule has 0 bridgehead atoms. The molecule has 1 unspecified atom stereocenters. The van der Waals surface area contributed by atoms with Crippen molar-refractivity contribution in [2.24, 2.45) is 0 Å². The van der Waals surface area contributed by atoms with E-state index in [2.05, 4.69) is 37.2 Å². The number of nitrogens with zero attached hydrogens (tertiary/aromatic N) is 1. The molecule has 8 heteroatoms. The number of aryl methyl sites for hydroxylation is 1. The summed E-state index contributed by atoms with van der Waals surface area (Å²) in [5.41, 5.74) is 1.07. The predicted molar refractivity (Wildman–Crippen MR) is 78.4 cm³/mol. The fourth-order valence-electron chi connectivity index (χ4n) is 1.39. The number of hydrogen-bond acceptors (Lipinski definition) is 4. The number of rotatable bonds is 5. The van der Waals surface area contributed by atoms with Crippen LogP contribution in [-0.2, 0) is 0 Å². The van der Waals surface area contributed by atoms with Gasteiger partial charge in [-0.05, 0) is 44.8 Å². The highest BCUT2D eigenvalue weighted by Crippen LogP contribution is 2.40. The number of aliphatic hydroxyl groups excluding tert-OH is 1. The van der Waals surface area contributed by atoms with E-state index < -0.39 is 11.0 Å². The molecule has 1 rings (SSSR count). The molecule has 0 aromatic heterocycles. The molecule has 0 aliphatic heterocycles. The standard InChI is InChI=1S/C10H11Br2ClN2O3/c1-5-2-7(11)9(14-4-6(16)3-13)8(12)10(5)15(17)18/h2,6,14,16H,3-4H2,1H3. The molecular formula is C10H11Br2ClN2O3. The van der Waals surface area contributed by atoms with E-state index in [1.54, 1.807) is 13.0 Å². The van der Waals surface area contributed by atoms with Crippen LogP contribution >= 0.6 is 43.5 Å². The molecule has 5 nitrogen and oxygen atoms in total. The van der Waals surface area contributed by atoms with Crippen LogP contribution in [0.1, 0.15) is 5.56 Å². The van der Waals surface area contributed by atoms with Gasteiger partial charge in [0.15, 0.2) is 0 Å². The third-order valence-corrected chi connectivity index (χ3v) is 4.01. The SMILES string of the molecule is Cc1cc(Br)c(NCC(O)CCl)c(Br)c1[N+](=O)[O-]. The molecule has 0 fully saturated rings. The summed E-state index contributed by atoms with van der Waals surface area (Å²) in [6.45, 7) is 1.87. The first-order chi connectivity index (χ1) is 8.38. The van der Waals surface area contributed by atoms with E-state index in [9.17, 15) is 15.2 Å². The second-order valence-electron chi connectivity index (χ2n) is 3.66. The zero-order chi connectivity index (χ0) is 13.9. The molecule has 1 atom stereocenters. The maximum atomic E-state index is 11.0. The first-order valence-corrected chi connectivity index (χ1v) is 7.11. The summed E-state index contributed by atoms with van der Waals surface area (Å²) >= 11 is 12.0. The number of halogens is 3. The second-order valence-corrected chi connectivity index (χ2v) is 5.61. The van der Waals surface area contributed by atoms with Crippen molar-refractivity contribution < 1.29 is 10.0 Å². The van der Waals surface area contributed by atoms with E-state index in [1.807, 2.05) is 0 Å². The maximum Gasteiger partial charge on any atom is 0.288 e. The molecule has 2 N–H and O–H groups in total. The van der Waals surface area contributed by atoms with Crippen LogP contribution in [0.4, 0.5) is 11.4 Å². The lowest BCUT2D eigenvalue weighted by Gasteiger charge is -2.14. The quantitative estimate of drug-likeness (QED) is 0.449. The lowest BCUT2D eigenvalue weighted by atomic mass is 10.2. The average molecular weight is 402 g/mol. The number of nitro benzene ring substituents is 1. The topological polar surface area (TPSA) is 75.4 Å². The van der Waals surface area contributed by atoms with Crippen LogP contribution in [0.5, 0.6) is 0 Å². The van der Waals surface area contributed by atoms with Crippen molar-refractivity contribution in [3.63, 3.8) is 0 Å². The fourth-order valence-corrected chi connectivity index (χ4v) is 3.26. The van der Waals surface area contributed by atoms with Crippen LogP contribution in [0.2, 0.25) is 0 Å². The highest BCUT2D eigenvalue weighted by atomic mass is 79.9. The number of alkyl halides is 1. The molecule has 100 valence electrons. The van der Waals surface area contributed by atoms with Gasteiger partial charge >= 0.3 is 0 Å². The summed E-state index contributed by atoms with van der Waals surface area (Å²) in [5.74, 6) is 0.0934. The predicted octanol–water partition coefficient (Wildman–Crippen LogP) is 3.44. The van der Waals surface area contributed by atoms with E-state index in [4.69, 9.17) is 11.6 Å². The molecule has 0 aliphatic rings.